The van der Waals surface area contributed by atoms with Gasteiger partial charge in [0.25, 0.3) is 5.69 Å². The number of benzene rings is 1. The third kappa shape index (κ3) is 3.39. The van der Waals surface area contributed by atoms with Crippen molar-refractivity contribution in [2.75, 3.05) is 14.1 Å². The van der Waals surface area contributed by atoms with Gasteiger partial charge in [-0.2, -0.15) is 0 Å². The molecule has 0 spiro atoms. The van der Waals surface area contributed by atoms with Crippen LogP contribution in [-0.4, -0.2) is 29.9 Å². The van der Waals surface area contributed by atoms with E-state index in [1.807, 2.05) is 0 Å². The lowest BCUT2D eigenvalue weighted by atomic mass is 10.1. The maximum atomic E-state index is 11.8. The number of nitrogens with one attached hydrogen (secondary N) is 1. The minimum absolute atomic E-state index is 0.110. The first-order chi connectivity index (χ1) is 9.88. The van der Waals surface area contributed by atoms with Crippen LogP contribution in [0.5, 0.6) is 0 Å². The standard InChI is InChI=1S/C13H12ClN3O4/c1-16(2)15-13(18)12-6-5-11(21-12)9-4-3-8(17(19)20)7-10(9)14/h3-7H,1-2H3,(H,15,18). The zero-order valence-electron chi connectivity index (χ0n) is 11.3. The molecule has 8 heteroatoms. The number of amides is 1. The summed E-state index contributed by atoms with van der Waals surface area (Å²) in [6.07, 6.45) is 0. The molecular formula is C13H12ClN3O4. The fourth-order valence-electron chi connectivity index (χ4n) is 1.68. The monoisotopic (exact) mass is 309 g/mol. The molecule has 0 bridgehead atoms. The summed E-state index contributed by atoms with van der Waals surface area (Å²) >= 11 is 6.01. The van der Waals surface area contributed by atoms with Crippen molar-refractivity contribution in [1.29, 1.82) is 0 Å². The van der Waals surface area contributed by atoms with Gasteiger partial charge < -0.3 is 4.42 Å². The van der Waals surface area contributed by atoms with E-state index in [1.54, 1.807) is 20.2 Å². The van der Waals surface area contributed by atoms with Crippen LogP contribution in [0, 0.1) is 10.1 Å². The number of carbonyl (C=O) groups excluding carboxylic acids is 1. The third-order valence-corrected chi connectivity index (χ3v) is 2.90. The summed E-state index contributed by atoms with van der Waals surface area (Å²) in [6, 6.07) is 7.12. The second-order valence-corrected chi connectivity index (χ2v) is 4.83. The maximum absolute atomic E-state index is 11.8. The highest BCUT2D eigenvalue weighted by Crippen LogP contribution is 2.32. The van der Waals surface area contributed by atoms with Gasteiger partial charge in [0.15, 0.2) is 5.76 Å². The van der Waals surface area contributed by atoms with Crippen molar-refractivity contribution < 1.29 is 14.1 Å². The zero-order valence-corrected chi connectivity index (χ0v) is 12.0. The first-order valence-corrected chi connectivity index (χ1v) is 6.28. The Balaban J connectivity index is 2.29. The maximum Gasteiger partial charge on any atom is 0.301 e. The van der Waals surface area contributed by atoms with Crippen molar-refractivity contribution in [3.63, 3.8) is 0 Å². The molecule has 1 amide bonds. The molecule has 2 aromatic rings. The molecular weight excluding hydrogens is 298 g/mol. The molecule has 0 aliphatic heterocycles. The molecule has 0 unspecified atom stereocenters. The molecule has 0 aliphatic carbocycles. The van der Waals surface area contributed by atoms with E-state index in [1.165, 1.54) is 29.3 Å². The van der Waals surface area contributed by atoms with Gasteiger partial charge in [-0.15, -0.1) is 0 Å². The van der Waals surface area contributed by atoms with Gasteiger partial charge >= 0.3 is 5.91 Å². The van der Waals surface area contributed by atoms with Crippen molar-refractivity contribution in [1.82, 2.24) is 10.4 Å². The summed E-state index contributed by atoms with van der Waals surface area (Å²) in [5.41, 5.74) is 2.91. The van der Waals surface area contributed by atoms with Gasteiger partial charge in [-0.3, -0.25) is 20.3 Å². The molecule has 1 aromatic carbocycles. The number of non-ortho nitro benzene ring substituents is 1. The lowest BCUT2D eigenvalue weighted by Crippen LogP contribution is -2.35. The summed E-state index contributed by atoms with van der Waals surface area (Å²) in [4.78, 5) is 21.9. The lowest BCUT2D eigenvalue weighted by molar-refractivity contribution is -0.384. The van der Waals surface area contributed by atoms with Crippen LogP contribution in [0.2, 0.25) is 5.02 Å². The van der Waals surface area contributed by atoms with E-state index in [2.05, 4.69) is 5.43 Å². The van der Waals surface area contributed by atoms with Crippen molar-refractivity contribution in [3.8, 4) is 11.3 Å². The van der Waals surface area contributed by atoms with Crippen molar-refractivity contribution in [3.05, 3.63) is 51.2 Å². The number of nitro benzene ring substituents is 1. The normalized spacial score (nSPS) is 10.7. The van der Waals surface area contributed by atoms with Crippen molar-refractivity contribution >= 4 is 23.2 Å². The van der Waals surface area contributed by atoms with Gasteiger partial charge in [-0.05, 0) is 18.2 Å². The van der Waals surface area contributed by atoms with Gasteiger partial charge in [0.05, 0.1) is 9.95 Å². The third-order valence-electron chi connectivity index (χ3n) is 2.58. The second kappa shape index (κ2) is 5.94. The van der Waals surface area contributed by atoms with Crippen LogP contribution in [0.3, 0.4) is 0 Å². The summed E-state index contributed by atoms with van der Waals surface area (Å²) in [7, 11) is 3.35. The average Bonchev–Trinajstić information content (AvgIpc) is 2.87. The van der Waals surface area contributed by atoms with E-state index >= 15 is 0 Å². The number of hydrogen-bond donors (Lipinski definition) is 1. The Morgan fingerprint density at radius 2 is 2.05 bits per heavy atom. The molecule has 0 atom stereocenters. The number of furan rings is 1. The van der Waals surface area contributed by atoms with Crippen LogP contribution < -0.4 is 5.43 Å². The molecule has 1 heterocycles. The van der Waals surface area contributed by atoms with Crippen LogP contribution in [0.15, 0.2) is 34.7 Å². The summed E-state index contributed by atoms with van der Waals surface area (Å²) in [6.45, 7) is 0. The Morgan fingerprint density at radius 1 is 1.33 bits per heavy atom. The second-order valence-electron chi connectivity index (χ2n) is 4.42. The van der Waals surface area contributed by atoms with E-state index < -0.39 is 10.8 Å². The quantitative estimate of drug-likeness (QED) is 0.693. The molecule has 0 saturated heterocycles. The fraction of sp³-hybridized carbons (Fsp3) is 0.154. The smallest absolute Gasteiger partial charge is 0.301 e. The van der Waals surface area contributed by atoms with Crippen LogP contribution >= 0.6 is 11.6 Å². The predicted molar refractivity (Wildman–Crippen MR) is 77.0 cm³/mol. The Bertz CT molecular complexity index is 696. The SMILES string of the molecule is CN(C)NC(=O)c1ccc(-c2ccc([N+](=O)[O-])cc2Cl)o1. The van der Waals surface area contributed by atoms with E-state index in [0.29, 0.717) is 11.3 Å². The van der Waals surface area contributed by atoms with E-state index in [4.69, 9.17) is 16.0 Å². The summed E-state index contributed by atoms with van der Waals surface area (Å²) in [5, 5.41) is 12.3. The molecule has 1 N–H and O–H groups in total. The van der Waals surface area contributed by atoms with Gasteiger partial charge in [0.1, 0.15) is 5.76 Å². The Morgan fingerprint density at radius 3 is 2.62 bits per heavy atom. The Kier molecular flexibility index (Phi) is 4.25. The molecule has 7 nitrogen and oxygen atoms in total. The highest BCUT2D eigenvalue weighted by molar-refractivity contribution is 6.33. The predicted octanol–water partition coefficient (Wildman–Crippen LogP) is 2.71. The first kappa shape index (κ1) is 15.0. The van der Waals surface area contributed by atoms with Crippen LogP contribution in [0.4, 0.5) is 5.69 Å². The molecule has 0 radical (unpaired) electrons. The van der Waals surface area contributed by atoms with Crippen molar-refractivity contribution in [2.24, 2.45) is 0 Å². The van der Waals surface area contributed by atoms with Crippen LogP contribution in [0.1, 0.15) is 10.6 Å². The molecule has 0 fully saturated rings. The minimum Gasteiger partial charge on any atom is -0.451 e. The van der Waals surface area contributed by atoms with Crippen molar-refractivity contribution in [2.45, 2.75) is 0 Å². The average molecular weight is 310 g/mol. The molecule has 0 saturated carbocycles. The molecule has 21 heavy (non-hydrogen) atoms. The number of hydrogen-bond acceptors (Lipinski definition) is 5. The van der Waals surface area contributed by atoms with E-state index in [9.17, 15) is 14.9 Å². The van der Waals surface area contributed by atoms with Gasteiger partial charge in [-0.1, -0.05) is 11.6 Å². The highest BCUT2D eigenvalue weighted by atomic mass is 35.5. The number of hydrazine groups is 1. The van der Waals surface area contributed by atoms with Gasteiger partial charge in [-0.25, -0.2) is 5.01 Å². The number of halogens is 1. The van der Waals surface area contributed by atoms with Crippen LogP contribution in [0.25, 0.3) is 11.3 Å². The molecule has 0 aliphatic rings. The van der Waals surface area contributed by atoms with Crippen LogP contribution in [-0.2, 0) is 0 Å². The topological polar surface area (TPSA) is 88.6 Å². The zero-order chi connectivity index (χ0) is 15.6. The minimum atomic E-state index is -0.534. The summed E-state index contributed by atoms with van der Waals surface area (Å²) < 4.78 is 5.42. The fourth-order valence-corrected chi connectivity index (χ4v) is 1.95. The molecule has 2 rings (SSSR count). The van der Waals surface area contributed by atoms with E-state index in [-0.39, 0.29) is 16.5 Å². The highest BCUT2D eigenvalue weighted by Gasteiger charge is 2.16. The summed E-state index contributed by atoms with van der Waals surface area (Å²) in [5.74, 6) is 0.0798. The number of nitrogens with zero attached hydrogens (tertiary/aromatic N) is 2. The van der Waals surface area contributed by atoms with Gasteiger partial charge in [0, 0.05) is 31.8 Å². The number of nitro groups is 1. The first-order valence-electron chi connectivity index (χ1n) is 5.91. The number of rotatable bonds is 4. The Labute approximate surface area is 125 Å². The number of carbonyl (C=O) groups is 1. The molecule has 110 valence electrons. The largest absolute Gasteiger partial charge is 0.451 e. The Hall–Kier alpha value is -2.38. The lowest BCUT2D eigenvalue weighted by Gasteiger charge is -2.09. The van der Waals surface area contributed by atoms with E-state index in [0.717, 1.165) is 0 Å². The van der Waals surface area contributed by atoms with Gasteiger partial charge in [0.2, 0.25) is 0 Å². The molecule has 1 aromatic heterocycles.